The van der Waals surface area contributed by atoms with E-state index in [1.54, 1.807) is 0 Å². The van der Waals surface area contributed by atoms with Gasteiger partial charge in [-0.3, -0.25) is 4.90 Å². The molecule has 0 fully saturated rings. The van der Waals surface area contributed by atoms with Crippen molar-refractivity contribution in [1.82, 2.24) is 18.9 Å². The minimum absolute atomic E-state index is 0.190. The van der Waals surface area contributed by atoms with Crippen molar-refractivity contribution in [2.24, 2.45) is 0 Å². The highest BCUT2D eigenvalue weighted by Gasteiger charge is 2.41. The van der Waals surface area contributed by atoms with E-state index in [9.17, 15) is 0 Å². The van der Waals surface area contributed by atoms with E-state index >= 15 is 0 Å². The molecule has 0 saturated heterocycles. The van der Waals surface area contributed by atoms with Crippen molar-refractivity contribution in [3.8, 4) is 22.3 Å². The number of benzene rings is 6. The zero-order valence-corrected chi connectivity index (χ0v) is 28.0. The summed E-state index contributed by atoms with van der Waals surface area (Å²) in [6.45, 7) is -0.190. The second-order valence-corrected chi connectivity index (χ2v) is 17.3. The number of fused-ring (bicyclic) bond motifs is 6. The summed E-state index contributed by atoms with van der Waals surface area (Å²) in [5.41, 5.74) is 10.9. The van der Waals surface area contributed by atoms with Crippen LogP contribution < -0.4 is 10.4 Å². The summed E-state index contributed by atoms with van der Waals surface area (Å²) in [6.07, 6.45) is 7.07. The summed E-state index contributed by atoms with van der Waals surface area (Å²) in [6, 6.07) is 54.1. The molecule has 0 aliphatic carbocycles. The van der Waals surface area contributed by atoms with Crippen LogP contribution in [0, 0.1) is 0 Å². The van der Waals surface area contributed by atoms with E-state index in [1.165, 1.54) is 10.4 Å². The Bertz CT molecular complexity index is 2380. The van der Waals surface area contributed by atoms with Crippen molar-refractivity contribution in [2.45, 2.75) is 4.90 Å². The van der Waals surface area contributed by atoms with Crippen molar-refractivity contribution in [3.63, 3.8) is 0 Å². The molecule has 1 aliphatic heterocycles. The molecule has 2 aromatic heterocycles. The maximum atomic E-state index is 5.41. The average molecular weight is 640 g/mol. The number of anilines is 3. The fourth-order valence-corrected chi connectivity index (χ4v) is 8.00. The number of imidazole rings is 2. The van der Waals surface area contributed by atoms with Gasteiger partial charge in [0.2, 0.25) is 11.9 Å². The quantitative estimate of drug-likeness (QED) is 0.176. The van der Waals surface area contributed by atoms with Gasteiger partial charge in [-0.2, -0.15) is 0 Å². The Kier molecular flexibility index (Phi) is 6.59. The van der Waals surface area contributed by atoms with Crippen LogP contribution in [-0.2, 0) is 0 Å². The molecule has 0 atom stereocenters. The third kappa shape index (κ3) is 4.57. The third-order valence-electron chi connectivity index (χ3n) is 9.34. The Labute approximate surface area is 282 Å². The Morgan fingerprint density at radius 3 is 1.67 bits per heavy atom. The first-order valence-corrected chi connectivity index (χ1v) is 19.1. The highest BCUT2D eigenvalue weighted by Crippen LogP contribution is 2.47. The largest absolute Gasteiger partial charge is 0.425 e. The lowest BCUT2D eigenvalue weighted by Gasteiger charge is -2.35. The fourth-order valence-electron chi connectivity index (χ4n) is 7.02. The molecule has 7 heteroatoms. The summed E-state index contributed by atoms with van der Waals surface area (Å²) < 4.78 is 4.83. The van der Waals surface area contributed by atoms with Crippen molar-refractivity contribution < 1.29 is 0 Å². The normalized spacial score (nSPS) is 13.1. The van der Waals surface area contributed by atoms with Crippen LogP contribution in [0.2, 0.25) is 0 Å². The summed E-state index contributed by atoms with van der Waals surface area (Å²) >= 11 is 0. The SMILES string of the molecule is CS(C)(C)c1cccc(B2n3c(nc4ccccc43)N(c3cc(-c4ccccc4)ccc3-c3ccccc3)c3nc4ccccc4n32)c1. The van der Waals surface area contributed by atoms with E-state index < -0.39 is 10.0 Å². The highest BCUT2D eigenvalue weighted by atomic mass is 32.3. The molecular weight excluding hydrogens is 605 g/mol. The fraction of sp³-hybridized carbons (Fsp3) is 0.0732. The Balaban J connectivity index is 1.40. The van der Waals surface area contributed by atoms with Gasteiger partial charge in [-0.1, -0.05) is 121 Å². The molecule has 3 heterocycles. The van der Waals surface area contributed by atoms with Crippen LogP contribution in [0.3, 0.4) is 0 Å². The van der Waals surface area contributed by atoms with Gasteiger partial charge in [-0.05, 0) is 76.1 Å². The molecule has 1 aliphatic rings. The van der Waals surface area contributed by atoms with E-state index in [-0.39, 0.29) is 6.98 Å². The zero-order valence-electron chi connectivity index (χ0n) is 27.2. The molecule has 0 saturated carbocycles. The van der Waals surface area contributed by atoms with Gasteiger partial charge < -0.3 is 8.96 Å². The first kappa shape index (κ1) is 28.7. The molecule has 0 radical (unpaired) electrons. The molecule has 0 amide bonds. The van der Waals surface area contributed by atoms with Gasteiger partial charge in [0.05, 0.1) is 27.8 Å². The number of hydrogen-bond donors (Lipinski definition) is 0. The third-order valence-corrected chi connectivity index (χ3v) is 11.0. The van der Waals surface area contributed by atoms with E-state index in [1.807, 2.05) is 0 Å². The molecule has 9 rings (SSSR count). The molecule has 0 bridgehead atoms. The van der Waals surface area contributed by atoms with Crippen molar-refractivity contribution in [3.05, 3.63) is 152 Å². The summed E-state index contributed by atoms with van der Waals surface area (Å²) in [7, 11) is -0.958. The number of hydrogen-bond acceptors (Lipinski definition) is 3. The smallest absolute Gasteiger partial charge is 0.329 e. The molecule has 0 spiro atoms. The van der Waals surface area contributed by atoms with Gasteiger partial charge in [0.1, 0.15) is 0 Å². The lowest BCUT2D eigenvalue weighted by molar-refractivity contribution is 0.961. The zero-order chi connectivity index (χ0) is 32.4. The molecule has 5 nitrogen and oxygen atoms in total. The molecule has 8 aromatic rings. The van der Waals surface area contributed by atoms with Gasteiger partial charge in [0, 0.05) is 5.56 Å². The Morgan fingerprint density at radius 1 is 0.500 bits per heavy atom. The number of para-hydroxylation sites is 4. The second-order valence-electron chi connectivity index (χ2n) is 13.1. The van der Waals surface area contributed by atoms with E-state index in [0.29, 0.717) is 0 Å². The molecule has 232 valence electrons. The first-order valence-electron chi connectivity index (χ1n) is 16.2. The minimum atomic E-state index is -0.958. The minimum Gasteiger partial charge on any atom is -0.329 e. The van der Waals surface area contributed by atoms with Crippen LogP contribution in [-0.4, -0.2) is 44.7 Å². The van der Waals surface area contributed by atoms with Gasteiger partial charge in [-0.25, -0.2) is 20.0 Å². The lowest BCUT2D eigenvalue weighted by Crippen LogP contribution is -2.50. The van der Waals surface area contributed by atoms with E-state index in [4.69, 9.17) is 9.97 Å². The predicted molar refractivity (Wildman–Crippen MR) is 205 cm³/mol. The van der Waals surface area contributed by atoms with Gasteiger partial charge in [0.15, 0.2) is 0 Å². The van der Waals surface area contributed by atoms with Gasteiger partial charge in [-0.15, -0.1) is 0 Å². The number of aromatic nitrogens is 4. The second kappa shape index (κ2) is 11.0. The van der Waals surface area contributed by atoms with Gasteiger partial charge in [0.25, 0.3) is 0 Å². The maximum Gasteiger partial charge on any atom is 0.425 e. The molecule has 6 aromatic carbocycles. The van der Waals surface area contributed by atoms with Crippen LogP contribution in [0.25, 0.3) is 44.3 Å². The lowest BCUT2D eigenvalue weighted by atomic mass is 9.66. The average Bonchev–Trinajstić information content (AvgIpc) is 3.70. The summed E-state index contributed by atoms with van der Waals surface area (Å²) in [5.74, 6) is 1.69. The molecule has 48 heavy (non-hydrogen) atoms. The van der Waals surface area contributed by atoms with Crippen LogP contribution in [0.5, 0.6) is 0 Å². The molecule has 0 unspecified atom stereocenters. The van der Waals surface area contributed by atoms with Crippen LogP contribution >= 0.6 is 10.0 Å². The van der Waals surface area contributed by atoms with Crippen LogP contribution in [0.4, 0.5) is 17.6 Å². The summed E-state index contributed by atoms with van der Waals surface area (Å²) in [5, 5.41) is 0. The Morgan fingerprint density at radius 2 is 1.06 bits per heavy atom. The maximum absolute atomic E-state index is 5.41. The highest BCUT2D eigenvalue weighted by molar-refractivity contribution is 8.32. The molecule has 0 N–H and O–H groups in total. The van der Waals surface area contributed by atoms with Crippen molar-refractivity contribution in [2.75, 3.05) is 23.7 Å². The number of nitrogens with zero attached hydrogens (tertiary/aromatic N) is 5. The standard InChI is InChI=1S/C41H34BN5S/c1-48(2,3)33-20-14-19-32(28-33)42-46-37-23-12-10-21-35(37)43-40(46)45(41-44-36-22-11-13-24-38(36)47(41)42)39-27-31(29-15-6-4-7-16-29)25-26-34(39)30-17-8-5-9-18-30/h4-28H,1-3H3. The van der Waals surface area contributed by atoms with Crippen molar-refractivity contribution in [1.29, 1.82) is 0 Å². The topological polar surface area (TPSA) is 38.9 Å². The van der Waals surface area contributed by atoms with Crippen LogP contribution in [0.1, 0.15) is 0 Å². The van der Waals surface area contributed by atoms with E-state index in [2.05, 4.69) is 184 Å². The van der Waals surface area contributed by atoms with Crippen molar-refractivity contribution >= 4 is 62.1 Å². The van der Waals surface area contributed by atoms with Gasteiger partial charge >= 0.3 is 6.98 Å². The molecular formula is C41H34BN5S. The number of rotatable bonds is 5. The van der Waals surface area contributed by atoms with Crippen LogP contribution in [0.15, 0.2) is 157 Å². The predicted octanol–water partition coefficient (Wildman–Crippen LogP) is 9.35. The monoisotopic (exact) mass is 639 g/mol. The Hall–Kier alpha value is -5.53. The summed E-state index contributed by atoms with van der Waals surface area (Å²) in [4.78, 5) is 14.5. The van der Waals surface area contributed by atoms with E-state index in [0.717, 1.165) is 61.9 Å². The first-order chi connectivity index (χ1) is 23.5.